The van der Waals surface area contributed by atoms with Crippen LogP contribution in [0.15, 0.2) is 12.1 Å². The van der Waals surface area contributed by atoms with Crippen molar-refractivity contribution in [3.63, 3.8) is 0 Å². The summed E-state index contributed by atoms with van der Waals surface area (Å²) in [6.07, 6.45) is -0.127. The molecule has 0 aromatic heterocycles. The Kier molecular flexibility index (Phi) is 4.88. The molecule has 0 fully saturated rings. The van der Waals surface area contributed by atoms with Gasteiger partial charge in [-0.25, -0.2) is 8.78 Å². The van der Waals surface area contributed by atoms with Crippen LogP contribution in [-0.2, 0) is 4.79 Å². The maximum absolute atomic E-state index is 13.4. The number of anilines is 1. The molecule has 3 N–H and O–H groups in total. The van der Waals surface area contributed by atoms with Crippen molar-refractivity contribution in [2.75, 3.05) is 12.3 Å². The summed E-state index contributed by atoms with van der Waals surface area (Å²) in [4.78, 5) is 11.5. The molecule has 0 saturated carbocycles. The molecule has 4 nitrogen and oxygen atoms in total. The number of benzene rings is 1. The fourth-order valence-corrected chi connectivity index (χ4v) is 1.27. The maximum atomic E-state index is 13.4. The number of carbonyl (C=O) groups is 1. The maximum Gasteiger partial charge on any atom is 0.260 e. The Balaban J connectivity index is 2.72. The molecule has 0 heterocycles. The van der Waals surface area contributed by atoms with Crippen LogP contribution < -0.4 is 15.8 Å². The minimum Gasteiger partial charge on any atom is -0.478 e. The zero-order chi connectivity index (χ0) is 13.7. The summed E-state index contributed by atoms with van der Waals surface area (Å²) in [5.74, 6) is -2.30. The van der Waals surface area contributed by atoms with E-state index >= 15 is 0 Å². The van der Waals surface area contributed by atoms with Gasteiger partial charge >= 0.3 is 0 Å². The number of carbonyl (C=O) groups excluding carboxylic acids is 1. The third-order valence-electron chi connectivity index (χ3n) is 2.27. The Morgan fingerprint density at radius 3 is 2.72 bits per heavy atom. The minimum absolute atomic E-state index is 0.303. The zero-order valence-electron chi connectivity index (χ0n) is 10.3. The van der Waals surface area contributed by atoms with Crippen LogP contribution in [0.3, 0.4) is 0 Å². The highest BCUT2D eigenvalue weighted by atomic mass is 19.1. The Bertz CT molecular complexity index is 438. The molecule has 6 heteroatoms. The van der Waals surface area contributed by atoms with Crippen LogP contribution in [0.2, 0.25) is 0 Å². The van der Waals surface area contributed by atoms with Gasteiger partial charge in [-0.15, -0.1) is 0 Å². The first-order chi connectivity index (χ1) is 8.45. The summed E-state index contributed by atoms with van der Waals surface area (Å²) in [7, 11) is 0. The van der Waals surface area contributed by atoms with Gasteiger partial charge in [-0.1, -0.05) is 6.92 Å². The highest BCUT2D eigenvalue weighted by molar-refractivity contribution is 5.80. The first-order valence-electron chi connectivity index (χ1n) is 5.64. The molecule has 1 aromatic rings. The van der Waals surface area contributed by atoms with E-state index in [0.717, 1.165) is 18.6 Å². The van der Waals surface area contributed by atoms with Crippen LogP contribution in [0.5, 0.6) is 5.75 Å². The highest BCUT2D eigenvalue weighted by Gasteiger charge is 2.17. The van der Waals surface area contributed by atoms with Crippen LogP contribution in [-0.4, -0.2) is 18.6 Å². The number of amides is 1. The summed E-state index contributed by atoms with van der Waals surface area (Å²) in [6, 6.07) is 1.65. The second kappa shape index (κ2) is 6.18. The number of hydrogen-bond donors (Lipinski definition) is 2. The molecular weight excluding hydrogens is 242 g/mol. The summed E-state index contributed by atoms with van der Waals surface area (Å²) >= 11 is 0. The van der Waals surface area contributed by atoms with Crippen LogP contribution in [0.1, 0.15) is 20.3 Å². The average molecular weight is 258 g/mol. The van der Waals surface area contributed by atoms with E-state index in [1.807, 2.05) is 6.92 Å². The molecule has 0 radical (unpaired) electrons. The van der Waals surface area contributed by atoms with Crippen molar-refractivity contribution in [3.8, 4) is 5.75 Å². The van der Waals surface area contributed by atoms with E-state index in [1.165, 1.54) is 6.92 Å². The van der Waals surface area contributed by atoms with Crippen LogP contribution in [0, 0.1) is 11.6 Å². The Morgan fingerprint density at radius 2 is 2.11 bits per heavy atom. The Labute approximate surface area is 104 Å². The van der Waals surface area contributed by atoms with Crippen molar-refractivity contribution in [2.45, 2.75) is 26.4 Å². The number of nitrogens with two attached hydrogens (primary N) is 1. The molecule has 0 spiro atoms. The molecule has 1 unspecified atom stereocenters. The van der Waals surface area contributed by atoms with Crippen molar-refractivity contribution in [3.05, 3.63) is 23.8 Å². The lowest BCUT2D eigenvalue weighted by atomic mass is 10.2. The second-order valence-corrected chi connectivity index (χ2v) is 3.86. The molecule has 0 saturated heterocycles. The Hall–Kier alpha value is -1.85. The van der Waals surface area contributed by atoms with Gasteiger partial charge in [0.15, 0.2) is 17.7 Å². The van der Waals surface area contributed by atoms with E-state index in [2.05, 4.69) is 5.32 Å². The number of hydrogen-bond acceptors (Lipinski definition) is 3. The zero-order valence-corrected chi connectivity index (χ0v) is 10.3. The van der Waals surface area contributed by atoms with Crippen LogP contribution >= 0.6 is 0 Å². The topological polar surface area (TPSA) is 64.3 Å². The molecular formula is C12H16F2N2O2. The van der Waals surface area contributed by atoms with Gasteiger partial charge in [-0.2, -0.15) is 0 Å². The molecule has 100 valence electrons. The highest BCUT2D eigenvalue weighted by Crippen LogP contribution is 2.23. The molecule has 0 aliphatic rings. The van der Waals surface area contributed by atoms with Gasteiger partial charge in [0.2, 0.25) is 0 Å². The van der Waals surface area contributed by atoms with E-state index in [0.29, 0.717) is 6.54 Å². The average Bonchev–Trinajstić information content (AvgIpc) is 2.32. The number of nitrogens with one attached hydrogen (secondary N) is 1. The van der Waals surface area contributed by atoms with Gasteiger partial charge in [0.1, 0.15) is 5.82 Å². The summed E-state index contributed by atoms with van der Waals surface area (Å²) in [5, 5.41) is 2.59. The lowest BCUT2D eigenvalue weighted by Crippen LogP contribution is -2.36. The molecule has 0 aliphatic heterocycles. The number of halogens is 2. The largest absolute Gasteiger partial charge is 0.478 e. The molecule has 1 atom stereocenters. The van der Waals surface area contributed by atoms with Crippen molar-refractivity contribution in [1.29, 1.82) is 0 Å². The molecule has 1 amide bonds. The van der Waals surface area contributed by atoms with E-state index < -0.39 is 17.7 Å². The summed E-state index contributed by atoms with van der Waals surface area (Å²) < 4.78 is 31.6. The van der Waals surface area contributed by atoms with Crippen molar-refractivity contribution in [1.82, 2.24) is 5.32 Å². The SMILES string of the molecule is CCCNC(=O)C(C)Oc1cc(F)c(N)cc1F. The van der Waals surface area contributed by atoms with Gasteiger partial charge in [-0.05, 0) is 13.3 Å². The predicted octanol–water partition coefficient (Wildman–Crippen LogP) is 1.84. The summed E-state index contributed by atoms with van der Waals surface area (Å²) in [5.41, 5.74) is 4.89. The molecule has 1 aromatic carbocycles. The van der Waals surface area contributed by atoms with E-state index in [9.17, 15) is 13.6 Å². The fraction of sp³-hybridized carbons (Fsp3) is 0.417. The van der Waals surface area contributed by atoms with Crippen molar-refractivity contribution >= 4 is 11.6 Å². The van der Waals surface area contributed by atoms with Crippen LogP contribution in [0.25, 0.3) is 0 Å². The fourth-order valence-electron chi connectivity index (χ4n) is 1.27. The predicted molar refractivity (Wildman–Crippen MR) is 64.2 cm³/mol. The van der Waals surface area contributed by atoms with Gasteiger partial charge < -0.3 is 15.8 Å². The first-order valence-corrected chi connectivity index (χ1v) is 5.64. The lowest BCUT2D eigenvalue weighted by Gasteiger charge is -2.15. The van der Waals surface area contributed by atoms with E-state index in [1.54, 1.807) is 0 Å². The lowest BCUT2D eigenvalue weighted by molar-refractivity contribution is -0.127. The summed E-state index contributed by atoms with van der Waals surface area (Å²) in [6.45, 7) is 3.87. The second-order valence-electron chi connectivity index (χ2n) is 3.86. The van der Waals surface area contributed by atoms with Crippen molar-refractivity contribution in [2.24, 2.45) is 0 Å². The van der Waals surface area contributed by atoms with Gasteiger partial charge in [0.05, 0.1) is 5.69 Å². The van der Waals surface area contributed by atoms with Gasteiger partial charge in [-0.3, -0.25) is 4.79 Å². The smallest absolute Gasteiger partial charge is 0.260 e. The van der Waals surface area contributed by atoms with Gasteiger partial charge in [0, 0.05) is 18.7 Å². The first kappa shape index (κ1) is 14.2. The molecule has 1 rings (SSSR count). The van der Waals surface area contributed by atoms with Gasteiger partial charge in [0.25, 0.3) is 5.91 Å². The van der Waals surface area contributed by atoms with Crippen molar-refractivity contribution < 1.29 is 18.3 Å². The minimum atomic E-state index is -0.908. The standard InChI is InChI=1S/C12H16F2N2O2/c1-3-4-16-12(17)7(2)18-11-6-8(13)10(15)5-9(11)14/h5-7H,3-4,15H2,1-2H3,(H,16,17). The molecule has 0 bridgehead atoms. The number of rotatable bonds is 5. The van der Waals surface area contributed by atoms with E-state index in [4.69, 9.17) is 10.5 Å². The monoisotopic (exact) mass is 258 g/mol. The number of ether oxygens (including phenoxy) is 1. The normalized spacial score (nSPS) is 12.0. The molecule has 0 aliphatic carbocycles. The third kappa shape index (κ3) is 3.58. The molecule has 18 heavy (non-hydrogen) atoms. The number of nitrogen functional groups attached to an aromatic ring is 1. The Morgan fingerprint density at radius 1 is 1.44 bits per heavy atom. The third-order valence-corrected chi connectivity index (χ3v) is 2.27. The van der Waals surface area contributed by atoms with Crippen LogP contribution in [0.4, 0.5) is 14.5 Å². The quantitative estimate of drug-likeness (QED) is 0.792. The van der Waals surface area contributed by atoms with E-state index in [-0.39, 0.29) is 17.3 Å².